The van der Waals surface area contributed by atoms with Crippen molar-refractivity contribution in [2.75, 3.05) is 61.6 Å². The highest BCUT2D eigenvalue weighted by Gasteiger charge is 2.26. The molecule has 4 rings (SSSR count). The Balaban J connectivity index is 1.43. The lowest BCUT2D eigenvalue weighted by atomic mass is 10.1. The van der Waals surface area contributed by atoms with Crippen molar-refractivity contribution in [1.29, 1.82) is 0 Å². The topological polar surface area (TPSA) is 92.7 Å². The largest absolute Gasteiger partial charge is 0.465 e. The predicted molar refractivity (Wildman–Crippen MR) is 107 cm³/mol. The number of rotatable bonds is 5. The Morgan fingerprint density at radius 2 is 2.11 bits per heavy atom. The molecule has 2 aliphatic heterocycles. The van der Waals surface area contributed by atoms with Gasteiger partial charge in [-0.05, 0) is 12.8 Å². The standard InChI is InChI=1S/C18H24N6O3S/c1-26-18(25)16-17(21-12-28-16)24-4-2-3-13(10-24)22-14-9-15(20-11-19-14)23-5-7-27-8-6-23/h9,11-13H,2-8,10H2,1H3,(H,19,20,22)/t13-/m1/s1. The van der Waals surface area contributed by atoms with E-state index in [0.717, 1.165) is 63.9 Å². The molecule has 2 saturated heterocycles. The number of esters is 1. The molecule has 9 nitrogen and oxygen atoms in total. The van der Waals surface area contributed by atoms with E-state index in [2.05, 4.69) is 30.1 Å². The van der Waals surface area contributed by atoms with Crippen LogP contribution in [0.3, 0.4) is 0 Å². The summed E-state index contributed by atoms with van der Waals surface area (Å²) in [5, 5.41) is 3.52. The summed E-state index contributed by atoms with van der Waals surface area (Å²) in [6.07, 6.45) is 3.64. The van der Waals surface area contributed by atoms with Gasteiger partial charge in [0.2, 0.25) is 0 Å². The number of hydrogen-bond acceptors (Lipinski definition) is 10. The zero-order valence-electron chi connectivity index (χ0n) is 15.8. The lowest BCUT2D eigenvalue weighted by Gasteiger charge is -2.34. The summed E-state index contributed by atoms with van der Waals surface area (Å²) in [5.74, 6) is 2.11. The van der Waals surface area contributed by atoms with Gasteiger partial charge in [0.25, 0.3) is 0 Å². The van der Waals surface area contributed by atoms with E-state index in [1.165, 1.54) is 18.4 Å². The summed E-state index contributed by atoms with van der Waals surface area (Å²) in [7, 11) is 1.40. The Hall–Kier alpha value is -2.46. The van der Waals surface area contributed by atoms with Crippen molar-refractivity contribution in [3.63, 3.8) is 0 Å². The van der Waals surface area contributed by atoms with Crippen molar-refractivity contribution >= 4 is 34.8 Å². The van der Waals surface area contributed by atoms with Gasteiger partial charge in [0.05, 0.1) is 25.8 Å². The molecule has 0 aromatic carbocycles. The van der Waals surface area contributed by atoms with Crippen molar-refractivity contribution in [3.05, 3.63) is 22.8 Å². The molecule has 4 heterocycles. The number of piperidine rings is 1. The quantitative estimate of drug-likeness (QED) is 0.747. The molecular formula is C18H24N6O3S. The summed E-state index contributed by atoms with van der Waals surface area (Å²) < 4.78 is 10.3. The van der Waals surface area contributed by atoms with Gasteiger partial charge in [-0.2, -0.15) is 0 Å². The number of aromatic nitrogens is 3. The highest BCUT2D eigenvalue weighted by molar-refractivity contribution is 7.12. The maximum absolute atomic E-state index is 12.0. The number of carbonyl (C=O) groups is 1. The lowest BCUT2D eigenvalue weighted by molar-refractivity contribution is 0.0606. The normalized spacial score (nSPS) is 20.1. The van der Waals surface area contributed by atoms with E-state index in [9.17, 15) is 4.79 Å². The Labute approximate surface area is 167 Å². The van der Waals surface area contributed by atoms with Crippen molar-refractivity contribution in [2.24, 2.45) is 0 Å². The lowest BCUT2D eigenvalue weighted by Crippen LogP contribution is -2.43. The molecule has 0 saturated carbocycles. The molecule has 2 aromatic heterocycles. The van der Waals surface area contributed by atoms with Crippen LogP contribution < -0.4 is 15.1 Å². The second-order valence-corrected chi connectivity index (χ2v) is 7.64. The van der Waals surface area contributed by atoms with Gasteiger partial charge in [-0.15, -0.1) is 11.3 Å². The smallest absolute Gasteiger partial charge is 0.351 e. The molecule has 1 N–H and O–H groups in total. The molecule has 0 amide bonds. The Kier molecular flexibility index (Phi) is 5.87. The molecule has 0 radical (unpaired) electrons. The fourth-order valence-corrected chi connectivity index (χ4v) is 4.31. The molecule has 2 aromatic rings. The van der Waals surface area contributed by atoms with Crippen LogP contribution in [-0.4, -0.2) is 73.5 Å². The van der Waals surface area contributed by atoms with E-state index in [4.69, 9.17) is 9.47 Å². The van der Waals surface area contributed by atoms with E-state index < -0.39 is 0 Å². The van der Waals surface area contributed by atoms with Crippen molar-refractivity contribution in [1.82, 2.24) is 15.0 Å². The van der Waals surface area contributed by atoms with E-state index in [0.29, 0.717) is 10.7 Å². The first kappa shape index (κ1) is 18.9. The van der Waals surface area contributed by atoms with Crippen LogP contribution in [0.25, 0.3) is 0 Å². The third-order valence-corrected chi connectivity index (χ3v) is 5.78. The number of nitrogens with zero attached hydrogens (tertiary/aromatic N) is 5. The van der Waals surface area contributed by atoms with Crippen LogP contribution in [0.5, 0.6) is 0 Å². The first-order chi connectivity index (χ1) is 13.7. The highest BCUT2D eigenvalue weighted by Crippen LogP contribution is 2.27. The van der Waals surface area contributed by atoms with E-state index in [1.807, 2.05) is 6.07 Å². The molecule has 0 aliphatic carbocycles. The number of thiazole rings is 1. The third-order valence-electron chi connectivity index (χ3n) is 4.98. The second kappa shape index (κ2) is 8.70. The fourth-order valence-electron chi connectivity index (χ4n) is 3.59. The Morgan fingerprint density at radius 1 is 1.25 bits per heavy atom. The van der Waals surface area contributed by atoms with Crippen LogP contribution in [0.1, 0.15) is 22.5 Å². The number of anilines is 3. The summed E-state index contributed by atoms with van der Waals surface area (Å²) in [4.78, 5) is 30.1. The van der Waals surface area contributed by atoms with E-state index in [1.54, 1.807) is 11.8 Å². The number of ether oxygens (including phenoxy) is 2. The van der Waals surface area contributed by atoms with Gasteiger partial charge < -0.3 is 24.6 Å². The van der Waals surface area contributed by atoms with Crippen LogP contribution >= 0.6 is 11.3 Å². The average Bonchev–Trinajstić information content (AvgIpc) is 3.24. The van der Waals surface area contributed by atoms with Gasteiger partial charge in [0, 0.05) is 38.3 Å². The zero-order valence-corrected chi connectivity index (χ0v) is 16.7. The molecule has 0 bridgehead atoms. The number of carbonyl (C=O) groups excluding carboxylic acids is 1. The van der Waals surface area contributed by atoms with Crippen LogP contribution in [0, 0.1) is 0 Å². The molecule has 0 spiro atoms. The van der Waals surface area contributed by atoms with Gasteiger partial charge in [-0.1, -0.05) is 0 Å². The zero-order chi connectivity index (χ0) is 19.3. The maximum Gasteiger partial charge on any atom is 0.351 e. The molecule has 2 aliphatic rings. The molecule has 0 unspecified atom stereocenters. The summed E-state index contributed by atoms with van der Waals surface area (Å²) >= 11 is 1.31. The van der Waals surface area contributed by atoms with E-state index >= 15 is 0 Å². The third kappa shape index (κ3) is 4.17. The predicted octanol–water partition coefficient (Wildman–Crippen LogP) is 1.64. The number of nitrogens with one attached hydrogen (secondary N) is 1. The Morgan fingerprint density at radius 3 is 2.93 bits per heavy atom. The summed E-state index contributed by atoms with van der Waals surface area (Å²) in [6.45, 7) is 4.75. The monoisotopic (exact) mass is 404 g/mol. The van der Waals surface area contributed by atoms with Crippen LogP contribution in [-0.2, 0) is 9.47 Å². The Bertz CT molecular complexity index is 810. The van der Waals surface area contributed by atoms with Crippen LogP contribution in [0.4, 0.5) is 17.5 Å². The van der Waals surface area contributed by atoms with Crippen LogP contribution in [0.2, 0.25) is 0 Å². The highest BCUT2D eigenvalue weighted by atomic mass is 32.1. The van der Waals surface area contributed by atoms with Gasteiger partial charge >= 0.3 is 5.97 Å². The molecule has 150 valence electrons. The van der Waals surface area contributed by atoms with Crippen molar-refractivity contribution in [3.8, 4) is 0 Å². The number of morpholine rings is 1. The number of methoxy groups -OCH3 is 1. The SMILES string of the molecule is COC(=O)c1scnc1N1CCC[C@@H](Nc2cc(N3CCOCC3)ncn2)C1. The first-order valence-electron chi connectivity index (χ1n) is 9.42. The van der Waals surface area contributed by atoms with Gasteiger partial charge in [-0.3, -0.25) is 0 Å². The molecule has 2 fully saturated rings. The van der Waals surface area contributed by atoms with Crippen molar-refractivity contribution < 1.29 is 14.3 Å². The molecule has 1 atom stereocenters. The average molecular weight is 404 g/mol. The first-order valence-corrected chi connectivity index (χ1v) is 10.3. The minimum absolute atomic E-state index is 0.216. The van der Waals surface area contributed by atoms with Gasteiger partial charge in [0.1, 0.15) is 18.0 Å². The van der Waals surface area contributed by atoms with Crippen LogP contribution in [0.15, 0.2) is 17.9 Å². The minimum Gasteiger partial charge on any atom is -0.465 e. The van der Waals surface area contributed by atoms with Gasteiger partial charge in [-0.25, -0.2) is 19.7 Å². The second-order valence-electron chi connectivity index (χ2n) is 6.79. The summed E-state index contributed by atoms with van der Waals surface area (Å²) in [6, 6.07) is 2.21. The molecule has 10 heteroatoms. The summed E-state index contributed by atoms with van der Waals surface area (Å²) in [5.41, 5.74) is 1.69. The minimum atomic E-state index is -0.335. The van der Waals surface area contributed by atoms with E-state index in [-0.39, 0.29) is 12.0 Å². The molecular weight excluding hydrogens is 380 g/mol. The number of hydrogen-bond donors (Lipinski definition) is 1. The molecule has 28 heavy (non-hydrogen) atoms. The van der Waals surface area contributed by atoms with Gasteiger partial charge in [0.15, 0.2) is 10.7 Å². The fraction of sp³-hybridized carbons (Fsp3) is 0.556. The maximum atomic E-state index is 12.0. The van der Waals surface area contributed by atoms with Crippen molar-refractivity contribution in [2.45, 2.75) is 18.9 Å².